The van der Waals surface area contributed by atoms with Crippen LogP contribution < -0.4 is 4.74 Å². The van der Waals surface area contributed by atoms with Crippen LogP contribution in [-0.4, -0.2) is 38.8 Å². The van der Waals surface area contributed by atoms with E-state index in [2.05, 4.69) is 16.5 Å². The number of benzene rings is 1. The maximum Gasteiger partial charge on any atom is 0.121 e. The van der Waals surface area contributed by atoms with Gasteiger partial charge in [0.05, 0.1) is 18.1 Å². The summed E-state index contributed by atoms with van der Waals surface area (Å²) in [5.41, 5.74) is 1.92. The number of methoxy groups -OCH3 is 1. The Labute approximate surface area is 126 Å². The first-order valence-corrected chi connectivity index (χ1v) is 8.73. The van der Waals surface area contributed by atoms with Crippen LogP contribution in [0.2, 0.25) is 0 Å². The largest absolute Gasteiger partial charge is 0.497 e. The van der Waals surface area contributed by atoms with Crippen molar-refractivity contribution in [3.05, 3.63) is 24.0 Å². The van der Waals surface area contributed by atoms with E-state index in [0.717, 1.165) is 22.6 Å². The second kappa shape index (κ2) is 6.59. The second-order valence-electron chi connectivity index (χ2n) is 4.78. The number of imidazole rings is 1. The first-order chi connectivity index (χ1) is 9.56. The van der Waals surface area contributed by atoms with Gasteiger partial charge in [0.1, 0.15) is 11.6 Å². The fourth-order valence-electron chi connectivity index (χ4n) is 2.42. The van der Waals surface area contributed by atoms with E-state index < -0.39 is 10.8 Å². The van der Waals surface area contributed by atoms with Gasteiger partial charge in [-0.25, -0.2) is 4.98 Å². The highest BCUT2D eigenvalue weighted by atomic mass is 35.5. The van der Waals surface area contributed by atoms with Crippen LogP contribution in [0.5, 0.6) is 5.75 Å². The Balaban J connectivity index is 2.56. The standard InChI is InChI=1S/C14H19ClN2O2S/c1-10(9-20(3)18)17-13-8-11(19-2)4-5-12(13)16-14(17)6-7-15/h4-5,8,10H,6-7,9H2,1-3H3. The summed E-state index contributed by atoms with van der Waals surface area (Å²) >= 11 is 5.87. The summed E-state index contributed by atoms with van der Waals surface area (Å²) in [4.78, 5) is 4.63. The van der Waals surface area contributed by atoms with Gasteiger partial charge < -0.3 is 9.30 Å². The predicted octanol–water partition coefficient (Wildman–Crippen LogP) is 2.77. The number of alkyl halides is 1. The lowest BCUT2D eigenvalue weighted by atomic mass is 10.2. The second-order valence-corrected chi connectivity index (χ2v) is 6.64. The van der Waals surface area contributed by atoms with E-state index in [0.29, 0.717) is 18.1 Å². The van der Waals surface area contributed by atoms with Crippen molar-refractivity contribution in [3.63, 3.8) is 0 Å². The van der Waals surface area contributed by atoms with Crippen molar-refractivity contribution in [3.8, 4) is 5.75 Å². The van der Waals surface area contributed by atoms with Crippen molar-refractivity contribution in [2.45, 2.75) is 19.4 Å². The molecule has 0 N–H and O–H groups in total. The van der Waals surface area contributed by atoms with Crippen molar-refractivity contribution in [1.82, 2.24) is 9.55 Å². The summed E-state index contributed by atoms with van der Waals surface area (Å²) in [5, 5.41) is 0. The molecule has 0 amide bonds. The average Bonchev–Trinajstić information content (AvgIpc) is 2.75. The quantitative estimate of drug-likeness (QED) is 0.770. The van der Waals surface area contributed by atoms with Gasteiger partial charge in [-0.1, -0.05) is 0 Å². The molecule has 6 heteroatoms. The highest BCUT2D eigenvalue weighted by Crippen LogP contribution is 2.26. The summed E-state index contributed by atoms with van der Waals surface area (Å²) in [6.07, 6.45) is 2.41. The maximum atomic E-state index is 11.5. The lowest BCUT2D eigenvalue weighted by Crippen LogP contribution is -2.16. The van der Waals surface area contributed by atoms with Gasteiger partial charge in [0.15, 0.2) is 0 Å². The fraction of sp³-hybridized carbons (Fsp3) is 0.500. The van der Waals surface area contributed by atoms with Gasteiger partial charge in [0.2, 0.25) is 0 Å². The molecule has 1 aromatic carbocycles. The number of aromatic nitrogens is 2. The lowest BCUT2D eigenvalue weighted by Gasteiger charge is -2.16. The van der Waals surface area contributed by atoms with Gasteiger partial charge in [-0.05, 0) is 19.1 Å². The highest BCUT2D eigenvalue weighted by molar-refractivity contribution is 7.84. The summed E-state index contributed by atoms with van der Waals surface area (Å²) in [5.74, 6) is 2.84. The van der Waals surface area contributed by atoms with Crippen LogP contribution in [0.3, 0.4) is 0 Å². The third-order valence-electron chi connectivity index (χ3n) is 3.20. The van der Waals surface area contributed by atoms with E-state index in [9.17, 15) is 4.21 Å². The van der Waals surface area contributed by atoms with Crippen LogP contribution in [-0.2, 0) is 17.2 Å². The Morgan fingerprint density at radius 2 is 2.25 bits per heavy atom. The van der Waals surface area contributed by atoms with Crippen molar-refractivity contribution in [1.29, 1.82) is 0 Å². The summed E-state index contributed by atoms with van der Waals surface area (Å²) in [6.45, 7) is 2.06. The van der Waals surface area contributed by atoms with Crippen molar-refractivity contribution in [2.24, 2.45) is 0 Å². The van der Waals surface area contributed by atoms with Crippen LogP contribution in [0.1, 0.15) is 18.8 Å². The molecule has 2 atom stereocenters. The molecule has 0 aliphatic rings. The minimum Gasteiger partial charge on any atom is -0.497 e. The minimum absolute atomic E-state index is 0.108. The summed E-state index contributed by atoms with van der Waals surface area (Å²) in [6, 6.07) is 5.91. The Morgan fingerprint density at radius 1 is 1.50 bits per heavy atom. The first kappa shape index (κ1) is 15.3. The Morgan fingerprint density at radius 3 is 2.85 bits per heavy atom. The molecule has 0 radical (unpaired) electrons. The number of ether oxygens (including phenoxy) is 1. The van der Waals surface area contributed by atoms with Crippen molar-refractivity contribution in [2.75, 3.05) is 25.0 Å². The van der Waals surface area contributed by atoms with Gasteiger partial charge in [0, 0.05) is 47.2 Å². The number of hydrogen-bond acceptors (Lipinski definition) is 3. The first-order valence-electron chi connectivity index (χ1n) is 6.47. The van der Waals surface area contributed by atoms with E-state index in [-0.39, 0.29) is 6.04 Å². The summed E-state index contributed by atoms with van der Waals surface area (Å²) < 4.78 is 18.9. The molecule has 2 rings (SSSR count). The molecule has 2 unspecified atom stereocenters. The fourth-order valence-corrected chi connectivity index (χ4v) is 3.41. The molecule has 0 fully saturated rings. The number of halogens is 1. The smallest absolute Gasteiger partial charge is 0.121 e. The lowest BCUT2D eigenvalue weighted by molar-refractivity contribution is 0.415. The Bertz CT molecular complexity index is 627. The molecule has 0 aliphatic carbocycles. The SMILES string of the molecule is COc1ccc2nc(CCCl)n(C(C)CS(C)=O)c2c1. The Hall–Kier alpha value is -1.07. The average molecular weight is 315 g/mol. The monoisotopic (exact) mass is 314 g/mol. The van der Waals surface area contributed by atoms with Gasteiger partial charge >= 0.3 is 0 Å². The van der Waals surface area contributed by atoms with E-state index in [1.807, 2.05) is 18.2 Å². The van der Waals surface area contributed by atoms with Crippen LogP contribution in [0.15, 0.2) is 18.2 Å². The number of fused-ring (bicyclic) bond motifs is 1. The van der Waals surface area contributed by atoms with Crippen molar-refractivity contribution >= 4 is 33.4 Å². The predicted molar refractivity (Wildman–Crippen MR) is 84.4 cm³/mol. The molecular formula is C14H19ClN2O2S. The van der Waals surface area contributed by atoms with E-state index >= 15 is 0 Å². The molecular weight excluding hydrogens is 296 g/mol. The van der Waals surface area contributed by atoms with Gasteiger partial charge in [-0.2, -0.15) is 0 Å². The number of hydrogen-bond donors (Lipinski definition) is 0. The molecule has 0 aliphatic heterocycles. The minimum atomic E-state index is -0.855. The normalized spacial score (nSPS) is 14.4. The van der Waals surface area contributed by atoms with Crippen LogP contribution >= 0.6 is 11.6 Å². The zero-order valence-corrected chi connectivity index (χ0v) is 13.5. The molecule has 0 saturated carbocycles. The van der Waals surface area contributed by atoms with Crippen LogP contribution in [0, 0.1) is 0 Å². The van der Waals surface area contributed by atoms with Gasteiger partial charge in [0.25, 0.3) is 0 Å². The third-order valence-corrected chi connectivity index (χ3v) is 4.35. The number of rotatable bonds is 6. The van der Waals surface area contributed by atoms with E-state index in [1.165, 1.54) is 0 Å². The molecule has 20 heavy (non-hydrogen) atoms. The van der Waals surface area contributed by atoms with E-state index in [1.54, 1.807) is 13.4 Å². The zero-order valence-electron chi connectivity index (χ0n) is 11.9. The van der Waals surface area contributed by atoms with E-state index in [4.69, 9.17) is 16.3 Å². The molecule has 0 saturated heterocycles. The molecule has 2 aromatic rings. The van der Waals surface area contributed by atoms with Crippen LogP contribution in [0.25, 0.3) is 11.0 Å². The molecule has 1 heterocycles. The topological polar surface area (TPSA) is 44.1 Å². The molecule has 1 aromatic heterocycles. The van der Waals surface area contributed by atoms with Gasteiger partial charge in [-0.15, -0.1) is 11.6 Å². The molecule has 4 nitrogen and oxygen atoms in total. The number of nitrogens with zero attached hydrogens (tertiary/aromatic N) is 2. The highest BCUT2D eigenvalue weighted by Gasteiger charge is 2.17. The molecule has 0 spiro atoms. The summed E-state index contributed by atoms with van der Waals surface area (Å²) in [7, 11) is 0.790. The van der Waals surface area contributed by atoms with Gasteiger partial charge in [-0.3, -0.25) is 4.21 Å². The maximum absolute atomic E-state index is 11.5. The van der Waals surface area contributed by atoms with Crippen molar-refractivity contribution < 1.29 is 8.95 Å². The molecule has 0 bridgehead atoms. The zero-order chi connectivity index (χ0) is 14.7. The Kier molecular flexibility index (Phi) is 5.05. The number of aryl methyl sites for hydroxylation is 1. The third kappa shape index (κ3) is 3.15. The molecule has 110 valence electrons. The van der Waals surface area contributed by atoms with Crippen LogP contribution in [0.4, 0.5) is 0 Å².